The van der Waals surface area contributed by atoms with E-state index in [1.54, 1.807) is 44.4 Å². The number of nitrogens with zero attached hydrogens (tertiary/aromatic N) is 4. The Morgan fingerprint density at radius 2 is 2.12 bits per heavy atom. The van der Waals surface area contributed by atoms with Crippen LogP contribution in [0.4, 0.5) is 5.69 Å². The number of carbonyl (C=O) groups is 1. The zero-order chi connectivity index (χ0) is 18.7. The Hall–Kier alpha value is -3.62. The minimum Gasteiger partial charge on any atom is -0.449 e. The molecule has 132 valence electrons. The van der Waals surface area contributed by atoms with Gasteiger partial charge in [0.25, 0.3) is 11.6 Å². The van der Waals surface area contributed by atoms with Crippen LogP contribution in [0.5, 0.6) is 0 Å². The summed E-state index contributed by atoms with van der Waals surface area (Å²) in [5.41, 5.74) is 0.675. The number of rotatable bonds is 5. The number of benzene rings is 1. The lowest BCUT2D eigenvalue weighted by Crippen LogP contribution is -2.13. The molecule has 2 heterocycles. The molecule has 1 atom stereocenters. The first-order chi connectivity index (χ1) is 12.5. The summed E-state index contributed by atoms with van der Waals surface area (Å²) in [5, 5.41) is 15.0. The van der Waals surface area contributed by atoms with E-state index >= 15 is 0 Å². The van der Waals surface area contributed by atoms with Gasteiger partial charge in [-0.15, -0.1) is 0 Å². The molecular weight excluding hydrogens is 340 g/mol. The second kappa shape index (κ2) is 7.09. The first kappa shape index (κ1) is 17.2. The van der Waals surface area contributed by atoms with Gasteiger partial charge in [-0.2, -0.15) is 4.98 Å². The summed E-state index contributed by atoms with van der Waals surface area (Å²) in [6.45, 7) is 3.14. The lowest BCUT2D eigenvalue weighted by molar-refractivity contribution is -0.385. The maximum Gasteiger partial charge on any atom is 0.346 e. The standard InChI is InChI=1S/C17H14N4O5/c1-10-5-3-7-13(21(23)24)14(10)17(22)25-11(2)16-19-15(20-26-16)12-6-4-8-18-9-12/h3-9,11H,1-2H3/t11-/m1/s1. The van der Waals surface area contributed by atoms with Crippen LogP contribution < -0.4 is 0 Å². The molecule has 2 aromatic heterocycles. The average Bonchev–Trinajstić information content (AvgIpc) is 3.12. The van der Waals surface area contributed by atoms with Crippen LogP contribution in [0.25, 0.3) is 11.4 Å². The van der Waals surface area contributed by atoms with Gasteiger partial charge in [0, 0.05) is 24.0 Å². The van der Waals surface area contributed by atoms with Gasteiger partial charge in [0.05, 0.1) is 4.92 Å². The summed E-state index contributed by atoms with van der Waals surface area (Å²) in [4.78, 5) is 31.1. The monoisotopic (exact) mass is 354 g/mol. The molecule has 0 spiro atoms. The SMILES string of the molecule is Cc1cccc([N+](=O)[O-])c1C(=O)O[C@H](C)c1nc(-c2cccnc2)no1. The molecule has 0 fully saturated rings. The van der Waals surface area contributed by atoms with Crippen molar-refractivity contribution in [3.63, 3.8) is 0 Å². The lowest BCUT2D eigenvalue weighted by Gasteiger charge is -2.10. The third-order valence-electron chi connectivity index (χ3n) is 3.64. The topological polar surface area (TPSA) is 121 Å². The van der Waals surface area contributed by atoms with Gasteiger partial charge in [-0.05, 0) is 31.5 Å². The van der Waals surface area contributed by atoms with Gasteiger partial charge in [0.2, 0.25) is 5.82 Å². The summed E-state index contributed by atoms with van der Waals surface area (Å²) in [5.74, 6) is -0.449. The van der Waals surface area contributed by atoms with E-state index in [1.165, 1.54) is 12.1 Å². The van der Waals surface area contributed by atoms with Crippen LogP contribution in [0.2, 0.25) is 0 Å². The fourth-order valence-corrected chi connectivity index (χ4v) is 2.35. The average molecular weight is 354 g/mol. The molecule has 0 aliphatic carbocycles. The van der Waals surface area contributed by atoms with E-state index in [0.717, 1.165) is 0 Å². The van der Waals surface area contributed by atoms with Crippen LogP contribution >= 0.6 is 0 Å². The van der Waals surface area contributed by atoms with Crippen molar-refractivity contribution in [2.24, 2.45) is 0 Å². The molecule has 1 aromatic carbocycles. The quantitative estimate of drug-likeness (QED) is 0.389. The van der Waals surface area contributed by atoms with E-state index in [0.29, 0.717) is 17.0 Å². The number of carbonyl (C=O) groups excluding carboxylic acids is 1. The first-order valence-corrected chi connectivity index (χ1v) is 7.66. The van der Waals surface area contributed by atoms with Gasteiger partial charge in [0.1, 0.15) is 5.56 Å². The molecule has 0 saturated carbocycles. The van der Waals surface area contributed by atoms with Crippen molar-refractivity contribution in [2.75, 3.05) is 0 Å². The van der Waals surface area contributed by atoms with Crippen LogP contribution in [-0.2, 0) is 4.74 Å². The highest BCUT2D eigenvalue weighted by Gasteiger charge is 2.27. The van der Waals surface area contributed by atoms with Gasteiger partial charge in [-0.3, -0.25) is 15.1 Å². The molecule has 0 radical (unpaired) electrons. The number of aromatic nitrogens is 3. The van der Waals surface area contributed by atoms with Crippen LogP contribution in [0.3, 0.4) is 0 Å². The number of hydrogen-bond donors (Lipinski definition) is 0. The fourth-order valence-electron chi connectivity index (χ4n) is 2.35. The molecule has 3 rings (SSSR count). The minimum atomic E-state index is -0.875. The maximum absolute atomic E-state index is 12.4. The van der Waals surface area contributed by atoms with Crippen LogP contribution in [-0.4, -0.2) is 26.0 Å². The van der Waals surface area contributed by atoms with Crippen LogP contribution in [0.15, 0.2) is 47.2 Å². The number of pyridine rings is 1. The van der Waals surface area contributed by atoms with Crippen molar-refractivity contribution < 1.29 is 19.0 Å². The number of ether oxygens (including phenoxy) is 1. The fraction of sp³-hybridized carbons (Fsp3) is 0.176. The highest BCUT2D eigenvalue weighted by molar-refractivity contribution is 5.95. The Labute approximate surface area is 147 Å². The summed E-state index contributed by atoms with van der Waals surface area (Å²) < 4.78 is 10.4. The van der Waals surface area contributed by atoms with E-state index < -0.39 is 17.0 Å². The van der Waals surface area contributed by atoms with Crippen molar-refractivity contribution in [3.8, 4) is 11.4 Å². The molecule has 0 bridgehead atoms. The summed E-state index contributed by atoms with van der Waals surface area (Å²) in [7, 11) is 0. The number of hydrogen-bond acceptors (Lipinski definition) is 8. The third-order valence-corrected chi connectivity index (χ3v) is 3.64. The van der Waals surface area contributed by atoms with Gasteiger partial charge >= 0.3 is 5.97 Å². The predicted molar refractivity (Wildman–Crippen MR) is 89.2 cm³/mol. The van der Waals surface area contributed by atoms with E-state index in [1.807, 2.05) is 0 Å². The Bertz CT molecular complexity index is 955. The summed E-state index contributed by atoms with van der Waals surface area (Å²) in [6, 6.07) is 7.84. The summed E-state index contributed by atoms with van der Waals surface area (Å²) in [6.07, 6.45) is 2.31. The smallest absolute Gasteiger partial charge is 0.346 e. The molecule has 26 heavy (non-hydrogen) atoms. The van der Waals surface area contributed by atoms with Crippen molar-refractivity contribution >= 4 is 11.7 Å². The second-order valence-electron chi connectivity index (χ2n) is 5.47. The lowest BCUT2D eigenvalue weighted by atomic mass is 10.1. The highest BCUT2D eigenvalue weighted by atomic mass is 16.6. The van der Waals surface area contributed by atoms with Crippen molar-refractivity contribution in [1.82, 2.24) is 15.1 Å². The first-order valence-electron chi connectivity index (χ1n) is 7.66. The maximum atomic E-state index is 12.4. The molecule has 9 heteroatoms. The summed E-state index contributed by atoms with van der Waals surface area (Å²) >= 11 is 0. The predicted octanol–water partition coefficient (Wildman–Crippen LogP) is 3.27. The molecule has 0 aliphatic heterocycles. The Morgan fingerprint density at radius 1 is 1.31 bits per heavy atom. The van der Waals surface area contributed by atoms with E-state index in [4.69, 9.17) is 9.26 Å². The Kier molecular flexibility index (Phi) is 4.70. The van der Waals surface area contributed by atoms with Crippen molar-refractivity contribution in [1.29, 1.82) is 0 Å². The largest absolute Gasteiger partial charge is 0.449 e. The zero-order valence-electron chi connectivity index (χ0n) is 13.9. The number of nitro groups is 1. The molecule has 0 N–H and O–H groups in total. The van der Waals surface area contributed by atoms with Gasteiger partial charge in [-0.25, -0.2) is 4.79 Å². The van der Waals surface area contributed by atoms with Crippen LogP contribution in [0, 0.1) is 17.0 Å². The van der Waals surface area contributed by atoms with Gasteiger partial charge in [-0.1, -0.05) is 17.3 Å². The Balaban J connectivity index is 1.81. The van der Waals surface area contributed by atoms with Crippen molar-refractivity contribution in [3.05, 3.63) is 69.9 Å². The van der Waals surface area contributed by atoms with Crippen molar-refractivity contribution in [2.45, 2.75) is 20.0 Å². The van der Waals surface area contributed by atoms with E-state index in [2.05, 4.69) is 15.1 Å². The molecule has 0 amide bonds. The van der Waals surface area contributed by atoms with Gasteiger partial charge < -0.3 is 9.26 Å². The molecule has 0 aliphatic rings. The normalized spacial score (nSPS) is 11.8. The minimum absolute atomic E-state index is 0.0773. The number of nitro benzene ring substituents is 1. The number of esters is 1. The molecule has 0 unspecified atom stereocenters. The third kappa shape index (κ3) is 3.41. The van der Waals surface area contributed by atoms with Crippen LogP contribution in [0.1, 0.15) is 34.8 Å². The molecular formula is C17H14N4O5. The van der Waals surface area contributed by atoms with E-state index in [9.17, 15) is 14.9 Å². The van der Waals surface area contributed by atoms with E-state index in [-0.39, 0.29) is 17.1 Å². The highest BCUT2D eigenvalue weighted by Crippen LogP contribution is 2.26. The molecule has 3 aromatic rings. The molecule has 0 saturated heterocycles. The zero-order valence-corrected chi connectivity index (χ0v) is 13.9. The number of aryl methyl sites for hydroxylation is 1. The second-order valence-corrected chi connectivity index (χ2v) is 5.47. The Morgan fingerprint density at radius 3 is 2.81 bits per heavy atom. The molecule has 9 nitrogen and oxygen atoms in total. The van der Waals surface area contributed by atoms with Gasteiger partial charge in [0.15, 0.2) is 6.10 Å².